The number of hydrogen-bond donors (Lipinski definition) is 2. The Labute approximate surface area is 99.2 Å². The first-order valence-corrected chi connectivity index (χ1v) is 5.47. The Morgan fingerprint density at radius 3 is 2.81 bits per heavy atom. The van der Waals surface area contributed by atoms with E-state index in [1.165, 1.54) is 11.1 Å². The van der Waals surface area contributed by atoms with E-state index in [-0.39, 0.29) is 0 Å². The lowest BCUT2D eigenvalue weighted by atomic mass is 10.0. The van der Waals surface area contributed by atoms with Crippen LogP contribution in [0.3, 0.4) is 0 Å². The first-order chi connectivity index (χ1) is 7.70. The largest absolute Gasteiger partial charge is 0.282 e. The molecule has 2 N–H and O–H groups in total. The van der Waals surface area contributed by atoms with E-state index >= 15 is 0 Å². The van der Waals surface area contributed by atoms with Crippen LogP contribution in [0.15, 0.2) is 30.9 Å². The number of hydrogen-bond acceptors (Lipinski definition) is 2. The van der Waals surface area contributed by atoms with Crippen molar-refractivity contribution in [2.45, 2.75) is 13.3 Å². The highest BCUT2D eigenvalue weighted by Crippen LogP contribution is 2.19. The molecule has 0 atom stereocenters. The van der Waals surface area contributed by atoms with Gasteiger partial charge in [0.15, 0.2) is 5.82 Å². The highest BCUT2D eigenvalue weighted by molar-refractivity contribution is 7.71. The Kier molecular flexibility index (Phi) is 3.01. The predicted molar refractivity (Wildman–Crippen MR) is 67.8 cm³/mol. The fraction of sp³-hybridized carbons (Fsp3) is 0.167. The molecule has 2 rings (SSSR count). The molecule has 1 aromatic heterocycles. The van der Waals surface area contributed by atoms with E-state index in [0.717, 1.165) is 17.8 Å². The van der Waals surface area contributed by atoms with Crippen LogP contribution in [0.25, 0.3) is 11.4 Å². The van der Waals surface area contributed by atoms with Gasteiger partial charge in [-0.05, 0) is 42.8 Å². The molecule has 16 heavy (non-hydrogen) atoms. The molecule has 1 aromatic carbocycles. The van der Waals surface area contributed by atoms with Crippen LogP contribution in [-0.2, 0) is 6.42 Å². The van der Waals surface area contributed by atoms with E-state index < -0.39 is 0 Å². The van der Waals surface area contributed by atoms with Crippen molar-refractivity contribution < 1.29 is 0 Å². The van der Waals surface area contributed by atoms with Gasteiger partial charge in [-0.2, -0.15) is 4.98 Å². The fourth-order valence-corrected chi connectivity index (χ4v) is 1.78. The highest BCUT2D eigenvalue weighted by atomic mass is 32.1. The van der Waals surface area contributed by atoms with E-state index in [1.807, 2.05) is 12.1 Å². The smallest absolute Gasteiger partial charge is 0.213 e. The molecule has 82 valence electrons. The number of aryl methyl sites for hydroxylation is 1. The Morgan fingerprint density at radius 1 is 1.44 bits per heavy atom. The minimum absolute atomic E-state index is 0.475. The minimum Gasteiger partial charge on any atom is -0.282 e. The van der Waals surface area contributed by atoms with Crippen molar-refractivity contribution in [1.82, 2.24) is 15.2 Å². The van der Waals surface area contributed by atoms with Crippen LogP contribution in [0, 0.1) is 11.7 Å². The summed E-state index contributed by atoms with van der Waals surface area (Å²) in [6.07, 6.45) is 2.80. The Balaban J connectivity index is 2.41. The average Bonchev–Trinajstić information content (AvgIpc) is 2.68. The third-order valence-electron chi connectivity index (χ3n) is 2.48. The summed E-state index contributed by atoms with van der Waals surface area (Å²) >= 11 is 4.92. The van der Waals surface area contributed by atoms with E-state index in [1.54, 1.807) is 0 Å². The van der Waals surface area contributed by atoms with Gasteiger partial charge < -0.3 is 0 Å². The molecule has 2 aromatic rings. The van der Waals surface area contributed by atoms with E-state index in [2.05, 4.69) is 40.8 Å². The van der Waals surface area contributed by atoms with Gasteiger partial charge in [-0.1, -0.05) is 18.2 Å². The fourth-order valence-electron chi connectivity index (χ4n) is 1.63. The molecule has 0 radical (unpaired) electrons. The van der Waals surface area contributed by atoms with Gasteiger partial charge >= 0.3 is 0 Å². The molecule has 3 nitrogen and oxygen atoms in total. The monoisotopic (exact) mass is 231 g/mol. The first kappa shape index (κ1) is 10.8. The minimum atomic E-state index is 0.475. The van der Waals surface area contributed by atoms with Crippen molar-refractivity contribution in [1.29, 1.82) is 0 Å². The zero-order valence-electron chi connectivity index (χ0n) is 9.08. The number of aromatic nitrogens is 3. The number of aromatic amines is 2. The lowest BCUT2D eigenvalue weighted by molar-refractivity contribution is 1.08. The summed E-state index contributed by atoms with van der Waals surface area (Å²) < 4.78 is 0.475. The van der Waals surface area contributed by atoms with Crippen LogP contribution in [0.4, 0.5) is 0 Å². The van der Waals surface area contributed by atoms with Crippen LogP contribution >= 0.6 is 12.2 Å². The van der Waals surface area contributed by atoms with Gasteiger partial charge in [-0.25, -0.2) is 0 Å². The summed E-state index contributed by atoms with van der Waals surface area (Å²) in [6.45, 7) is 5.83. The van der Waals surface area contributed by atoms with Crippen LogP contribution in [0.2, 0.25) is 0 Å². The quantitative estimate of drug-likeness (QED) is 0.629. The number of rotatable bonds is 3. The number of H-pyrrole nitrogens is 2. The zero-order chi connectivity index (χ0) is 11.5. The Hall–Kier alpha value is -1.68. The molecule has 0 fully saturated rings. The maximum Gasteiger partial charge on any atom is 0.213 e. The first-order valence-electron chi connectivity index (χ1n) is 5.06. The normalized spacial score (nSPS) is 10.3. The van der Waals surface area contributed by atoms with Crippen molar-refractivity contribution in [2.75, 3.05) is 0 Å². The van der Waals surface area contributed by atoms with Crippen molar-refractivity contribution in [3.8, 4) is 11.4 Å². The van der Waals surface area contributed by atoms with Gasteiger partial charge in [-0.3, -0.25) is 10.2 Å². The molecular weight excluding hydrogens is 218 g/mol. The van der Waals surface area contributed by atoms with E-state index in [9.17, 15) is 0 Å². The summed E-state index contributed by atoms with van der Waals surface area (Å²) in [4.78, 5) is 4.18. The second-order valence-electron chi connectivity index (χ2n) is 3.65. The molecule has 0 bridgehead atoms. The zero-order valence-corrected chi connectivity index (χ0v) is 9.90. The maximum absolute atomic E-state index is 4.92. The molecule has 0 aliphatic heterocycles. The van der Waals surface area contributed by atoms with Crippen LogP contribution in [0.1, 0.15) is 11.1 Å². The summed E-state index contributed by atoms with van der Waals surface area (Å²) in [6, 6.07) is 6.23. The second-order valence-corrected chi connectivity index (χ2v) is 4.04. The summed E-state index contributed by atoms with van der Waals surface area (Å²) in [7, 11) is 0. The Morgan fingerprint density at radius 2 is 2.25 bits per heavy atom. The van der Waals surface area contributed by atoms with Crippen molar-refractivity contribution in [3.05, 3.63) is 46.8 Å². The van der Waals surface area contributed by atoms with Crippen LogP contribution in [-0.4, -0.2) is 15.2 Å². The molecule has 1 heterocycles. The summed E-state index contributed by atoms with van der Waals surface area (Å²) in [5.41, 5.74) is 3.56. The van der Waals surface area contributed by atoms with Crippen molar-refractivity contribution >= 4 is 12.2 Å². The molecule has 0 saturated carbocycles. The van der Waals surface area contributed by atoms with Gasteiger partial charge in [0, 0.05) is 5.56 Å². The number of allylic oxidation sites excluding steroid dienone is 1. The Bertz CT molecular complexity index is 566. The van der Waals surface area contributed by atoms with E-state index in [0.29, 0.717) is 4.77 Å². The topological polar surface area (TPSA) is 44.5 Å². The summed E-state index contributed by atoms with van der Waals surface area (Å²) in [5.74, 6) is 0.776. The number of nitrogens with zero attached hydrogens (tertiary/aromatic N) is 1. The molecule has 0 amide bonds. The van der Waals surface area contributed by atoms with Crippen LogP contribution in [0.5, 0.6) is 0 Å². The molecule has 0 spiro atoms. The molecule has 0 aliphatic rings. The number of nitrogens with one attached hydrogen (secondary N) is 2. The van der Waals surface area contributed by atoms with Gasteiger partial charge in [0.2, 0.25) is 4.77 Å². The van der Waals surface area contributed by atoms with Gasteiger partial charge in [0.05, 0.1) is 0 Å². The molecular formula is C12H13N3S. The van der Waals surface area contributed by atoms with Crippen LogP contribution < -0.4 is 0 Å². The van der Waals surface area contributed by atoms with Gasteiger partial charge in [0.25, 0.3) is 0 Å². The SMILES string of the molecule is C=CCc1ccc(-c2nc(=S)[nH][nH]2)cc1C. The standard InChI is InChI=1S/C12H13N3S/c1-3-4-9-5-6-10(7-8(9)2)11-13-12(16)15-14-11/h3,5-7H,1,4H2,2H3,(H2,13,14,15,16). The molecule has 0 aliphatic carbocycles. The van der Waals surface area contributed by atoms with Crippen molar-refractivity contribution in [2.24, 2.45) is 0 Å². The predicted octanol–water partition coefficient (Wildman–Crippen LogP) is 3.17. The summed E-state index contributed by atoms with van der Waals surface area (Å²) in [5, 5.41) is 5.73. The van der Waals surface area contributed by atoms with Gasteiger partial charge in [-0.15, -0.1) is 6.58 Å². The lowest BCUT2D eigenvalue weighted by Crippen LogP contribution is -1.89. The molecule has 0 saturated heterocycles. The number of benzene rings is 1. The third kappa shape index (κ3) is 2.12. The lowest BCUT2D eigenvalue weighted by Gasteiger charge is -2.04. The molecule has 4 heteroatoms. The average molecular weight is 231 g/mol. The second kappa shape index (κ2) is 4.45. The van der Waals surface area contributed by atoms with Crippen molar-refractivity contribution in [3.63, 3.8) is 0 Å². The van der Waals surface area contributed by atoms with Gasteiger partial charge in [0.1, 0.15) is 0 Å². The maximum atomic E-state index is 4.92. The van der Waals surface area contributed by atoms with E-state index in [4.69, 9.17) is 12.2 Å². The third-order valence-corrected chi connectivity index (χ3v) is 2.67. The highest BCUT2D eigenvalue weighted by Gasteiger charge is 2.03. The molecule has 0 unspecified atom stereocenters.